The zero-order valence-corrected chi connectivity index (χ0v) is 12.4. The van der Waals surface area contributed by atoms with Gasteiger partial charge >= 0.3 is 0 Å². The first kappa shape index (κ1) is 15.2. The summed E-state index contributed by atoms with van der Waals surface area (Å²) in [4.78, 5) is 11.8. The minimum absolute atomic E-state index is 0.00157. The minimum Gasteiger partial charge on any atom is -0.468 e. The average Bonchev–Trinajstić information content (AvgIpc) is 3.01. The van der Waals surface area contributed by atoms with Crippen LogP contribution in [0.3, 0.4) is 0 Å². The number of rotatable bonds is 7. The number of nitrogens with zero attached hydrogens (tertiary/aromatic N) is 1. The van der Waals surface area contributed by atoms with Gasteiger partial charge < -0.3 is 9.73 Å². The molecule has 0 fully saturated rings. The molecule has 4 nitrogen and oxygen atoms in total. The van der Waals surface area contributed by atoms with E-state index in [0.29, 0.717) is 12.0 Å². The quantitative estimate of drug-likeness (QED) is 0.790. The molecule has 0 bridgehead atoms. The lowest BCUT2D eigenvalue weighted by Crippen LogP contribution is -2.11. The molecule has 0 unspecified atom stereocenters. The summed E-state index contributed by atoms with van der Waals surface area (Å²) in [6, 6.07) is 12.7. The van der Waals surface area contributed by atoms with E-state index in [-0.39, 0.29) is 5.91 Å². The van der Waals surface area contributed by atoms with E-state index in [4.69, 9.17) is 9.68 Å². The Morgan fingerprint density at radius 2 is 2.10 bits per heavy atom. The van der Waals surface area contributed by atoms with Crippen molar-refractivity contribution in [2.75, 3.05) is 11.1 Å². The second-order valence-electron chi connectivity index (χ2n) is 4.47. The van der Waals surface area contributed by atoms with E-state index in [9.17, 15) is 4.79 Å². The number of benzene rings is 1. The number of hydrogen-bond donors (Lipinski definition) is 1. The van der Waals surface area contributed by atoms with Crippen LogP contribution in [0.25, 0.3) is 0 Å². The second kappa shape index (κ2) is 8.18. The van der Waals surface area contributed by atoms with E-state index in [1.54, 1.807) is 42.3 Å². The summed E-state index contributed by atoms with van der Waals surface area (Å²) in [7, 11) is 0. The van der Waals surface area contributed by atoms with Crippen molar-refractivity contribution in [3.8, 4) is 6.07 Å². The van der Waals surface area contributed by atoms with Crippen molar-refractivity contribution in [3.05, 3.63) is 54.0 Å². The molecule has 0 atom stereocenters. The van der Waals surface area contributed by atoms with Gasteiger partial charge in [-0.2, -0.15) is 17.0 Å². The van der Waals surface area contributed by atoms with Crippen molar-refractivity contribution in [2.24, 2.45) is 0 Å². The average molecular weight is 300 g/mol. The molecule has 1 heterocycles. The first-order valence-corrected chi connectivity index (χ1v) is 7.83. The number of anilines is 1. The van der Waals surface area contributed by atoms with Crippen LogP contribution in [-0.4, -0.2) is 11.7 Å². The maximum Gasteiger partial charge on any atom is 0.224 e. The molecule has 0 saturated heterocycles. The predicted molar refractivity (Wildman–Crippen MR) is 83.9 cm³/mol. The molecule has 0 saturated carbocycles. The monoisotopic (exact) mass is 300 g/mol. The standard InChI is InChI=1S/C16H16N2O2S/c17-11-13-5-7-14(8-6-13)18-16(19)4-2-10-21-12-15-3-1-9-20-15/h1,3,5-9H,2,4,10,12H2,(H,18,19). The van der Waals surface area contributed by atoms with Crippen LogP contribution in [0.1, 0.15) is 24.2 Å². The van der Waals surface area contributed by atoms with Gasteiger partial charge in [0, 0.05) is 12.1 Å². The number of carbonyl (C=O) groups is 1. The van der Waals surface area contributed by atoms with Crippen LogP contribution in [0.4, 0.5) is 5.69 Å². The molecule has 2 aromatic rings. The van der Waals surface area contributed by atoms with E-state index >= 15 is 0 Å². The summed E-state index contributed by atoms with van der Waals surface area (Å²) in [5.41, 5.74) is 1.31. The summed E-state index contributed by atoms with van der Waals surface area (Å²) in [5.74, 6) is 2.71. The van der Waals surface area contributed by atoms with Gasteiger partial charge in [0.25, 0.3) is 0 Å². The molecule has 1 aromatic carbocycles. The van der Waals surface area contributed by atoms with E-state index in [1.165, 1.54) is 0 Å². The SMILES string of the molecule is N#Cc1ccc(NC(=O)CCCSCc2ccco2)cc1. The number of furan rings is 1. The molecular formula is C16H16N2O2S. The van der Waals surface area contributed by atoms with Gasteiger partial charge in [-0.1, -0.05) is 0 Å². The van der Waals surface area contributed by atoms with Crippen LogP contribution in [0.15, 0.2) is 47.1 Å². The van der Waals surface area contributed by atoms with Crippen molar-refractivity contribution in [1.82, 2.24) is 0 Å². The third-order valence-corrected chi connectivity index (χ3v) is 3.88. The largest absolute Gasteiger partial charge is 0.468 e. The molecule has 0 spiro atoms. The summed E-state index contributed by atoms with van der Waals surface area (Å²) >= 11 is 1.75. The van der Waals surface area contributed by atoms with Crippen molar-refractivity contribution < 1.29 is 9.21 Å². The topological polar surface area (TPSA) is 66.0 Å². The minimum atomic E-state index is -0.00157. The molecule has 2 rings (SSSR count). The smallest absolute Gasteiger partial charge is 0.224 e. The van der Waals surface area contributed by atoms with E-state index in [1.807, 2.05) is 18.2 Å². The third kappa shape index (κ3) is 5.36. The lowest BCUT2D eigenvalue weighted by molar-refractivity contribution is -0.116. The Balaban J connectivity index is 1.62. The molecule has 1 amide bonds. The van der Waals surface area contributed by atoms with E-state index in [0.717, 1.165) is 29.4 Å². The maximum atomic E-state index is 11.8. The van der Waals surface area contributed by atoms with Crippen molar-refractivity contribution >= 4 is 23.4 Å². The Morgan fingerprint density at radius 3 is 2.76 bits per heavy atom. The van der Waals surface area contributed by atoms with Crippen LogP contribution in [-0.2, 0) is 10.5 Å². The first-order valence-electron chi connectivity index (χ1n) is 6.68. The molecule has 108 valence electrons. The highest BCUT2D eigenvalue weighted by atomic mass is 32.2. The third-order valence-electron chi connectivity index (χ3n) is 2.81. The lowest BCUT2D eigenvalue weighted by Gasteiger charge is -2.05. The number of thioether (sulfide) groups is 1. The van der Waals surface area contributed by atoms with Crippen LogP contribution in [0, 0.1) is 11.3 Å². The van der Waals surface area contributed by atoms with Gasteiger partial charge in [0.1, 0.15) is 5.76 Å². The van der Waals surface area contributed by atoms with Gasteiger partial charge in [-0.25, -0.2) is 0 Å². The zero-order valence-electron chi connectivity index (χ0n) is 11.5. The number of amides is 1. The molecular weight excluding hydrogens is 284 g/mol. The Kier molecular flexibility index (Phi) is 5.92. The second-order valence-corrected chi connectivity index (χ2v) is 5.58. The van der Waals surface area contributed by atoms with Crippen molar-refractivity contribution in [3.63, 3.8) is 0 Å². The zero-order chi connectivity index (χ0) is 14.9. The highest BCUT2D eigenvalue weighted by molar-refractivity contribution is 7.98. The fourth-order valence-corrected chi connectivity index (χ4v) is 2.61. The lowest BCUT2D eigenvalue weighted by atomic mass is 10.2. The maximum absolute atomic E-state index is 11.8. The van der Waals surface area contributed by atoms with Gasteiger partial charge in [-0.15, -0.1) is 0 Å². The van der Waals surface area contributed by atoms with Crippen LogP contribution in [0.5, 0.6) is 0 Å². The molecule has 0 aliphatic heterocycles. The Morgan fingerprint density at radius 1 is 1.29 bits per heavy atom. The number of hydrogen-bond acceptors (Lipinski definition) is 4. The molecule has 21 heavy (non-hydrogen) atoms. The normalized spacial score (nSPS) is 10.0. The molecule has 0 radical (unpaired) electrons. The van der Waals surface area contributed by atoms with Crippen LogP contribution < -0.4 is 5.32 Å². The van der Waals surface area contributed by atoms with Crippen LogP contribution in [0.2, 0.25) is 0 Å². The van der Waals surface area contributed by atoms with Gasteiger partial charge in [-0.05, 0) is 48.6 Å². The molecule has 0 aliphatic carbocycles. The Bertz CT molecular complexity index is 600. The van der Waals surface area contributed by atoms with Crippen molar-refractivity contribution in [2.45, 2.75) is 18.6 Å². The predicted octanol–water partition coefficient (Wildman–Crippen LogP) is 3.80. The van der Waals surface area contributed by atoms with E-state index in [2.05, 4.69) is 5.32 Å². The van der Waals surface area contributed by atoms with Gasteiger partial charge in [0.05, 0.1) is 23.6 Å². The van der Waals surface area contributed by atoms with Gasteiger partial charge in [0.2, 0.25) is 5.91 Å². The molecule has 1 N–H and O–H groups in total. The Labute approximate surface area is 128 Å². The number of carbonyl (C=O) groups excluding carboxylic acids is 1. The van der Waals surface area contributed by atoms with E-state index < -0.39 is 0 Å². The molecule has 5 heteroatoms. The molecule has 0 aliphatic rings. The molecule has 1 aromatic heterocycles. The fraction of sp³-hybridized carbons (Fsp3) is 0.250. The summed E-state index contributed by atoms with van der Waals surface area (Å²) < 4.78 is 5.24. The summed E-state index contributed by atoms with van der Waals surface area (Å²) in [5, 5.41) is 11.5. The first-order chi connectivity index (χ1) is 10.3. The number of nitriles is 1. The van der Waals surface area contributed by atoms with Crippen LogP contribution >= 0.6 is 11.8 Å². The summed E-state index contributed by atoms with van der Waals surface area (Å²) in [6.45, 7) is 0. The summed E-state index contributed by atoms with van der Waals surface area (Å²) in [6.07, 6.45) is 2.99. The highest BCUT2D eigenvalue weighted by Crippen LogP contribution is 2.14. The van der Waals surface area contributed by atoms with Gasteiger partial charge in [-0.3, -0.25) is 4.79 Å². The van der Waals surface area contributed by atoms with Gasteiger partial charge in [0.15, 0.2) is 0 Å². The van der Waals surface area contributed by atoms with Crippen molar-refractivity contribution in [1.29, 1.82) is 5.26 Å². The number of nitrogens with one attached hydrogen (secondary N) is 1. The Hall–Kier alpha value is -2.19. The highest BCUT2D eigenvalue weighted by Gasteiger charge is 2.03. The fourth-order valence-electron chi connectivity index (χ4n) is 1.75.